The molecule has 1 N–H and O–H groups in total. The van der Waals surface area contributed by atoms with Crippen LogP contribution in [-0.4, -0.2) is 10.9 Å². The molecule has 1 aromatic carbocycles. The molecule has 0 atom stereocenters. The van der Waals surface area contributed by atoms with E-state index in [0.29, 0.717) is 12.0 Å². The van der Waals surface area contributed by atoms with Crippen molar-refractivity contribution in [3.63, 3.8) is 0 Å². The van der Waals surface area contributed by atoms with Crippen LogP contribution in [0.3, 0.4) is 0 Å². The van der Waals surface area contributed by atoms with Gasteiger partial charge in [-0.25, -0.2) is 0 Å². The van der Waals surface area contributed by atoms with Crippen molar-refractivity contribution in [2.45, 2.75) is 27.2 Å². The Balaban J connectivity index is 0.000000671. The molecule has 0 fully saturated rings. The molecular weight excluding hydrogens is 164 g/mol. The fourth-order valence-electron chi connectivity index (χ4n) is 0.929. The zero-order chi connectivity index (χ0) is 10.3. The van der Waals surface area contributed by atoms with E-state index in [-0.39, 0.29) is 11.5 Å². The summed E-state index contributed by atoms with van der Waals surface area (Å²) in [7, 11) is 0. The van der Waals surface area contributed by atoms with Crippen LogP contribution in [0.4, 0.5) is 0 Å². The third kappa shape index (κ3) is 4.31. The van der Waals surface area contributed by atoms with Crippen molar-refractivity contribution >= 4 is 5.78 Å². The number of rotatable bonds is 2. The van der Waals surface area contributed by atoms with Crippen LogP contribution in [0.1, 0.15) is 26.3 Å². The number of carbonyl (C=O) groups is 1. The molecule has 0 aliphatic heterocycles. The molecule has 2 heteroatoms. The van der Waals surface area contributed by atoms with Gasteiger partial charge in [0.15, 0.2) is 0 Å². The maximum absolute atomic E-state index is 10.7. The maximum atomic E-state index is 10.7. The minimum atomic E-state index is 0.0616. The van der Waals surface area contributed by atoms with Gasteiger partial charge in [0, 0.05) is 12.0 Å². The van der Waals surface area contributed by atoms with E-state index in [4.69, 9.17) is 0 Å². The average Bonchev–Trinajstić information content (AvgIpc) is 2.12. The molecule has 2 nitrogen and oxygen atoms in total. The van der Waals surface area contributed by atoms with Crippen LogP contribution in [-0.2, 0) is 11.2 Å². The molecule has 0 saturated carbocycles. The molecule has 1 aromatic rings. The Morgan fingerprint density at radius 1 is 1.31 bits per heavy atom. The Kier molecular flexibility index (Phi) is 5.60. The largest absolute Gasteiger partial charge is 0.508 e. The summed E-state index contributed by atoms with van der Waals surface area (Å²) in [5, 5.41) is 9.21. The highest BCUT2D eigenvalue weighted by Gasteiger charge is 2.01. The normalized spacial score (nSPS) is 8.54. The predicted octanol–water partition coefficient (Wildman–Crippen LogP) is 2.55. The van der Waals surface area contributed by atoms with Gasteiger partial charge in [0.1, 0.15) is 11.5 Å². The summed E-state index contributed by atoms with van der Waals surface area (Å²) in [6.07, 6.45) is 0.312. The van der Waals surface area contributed by atoms with E-state index in [0.717, 1.165) is 0 Å². The van der Waals surface area contributed by atoms with Gasteiger partial charge in [-0.15, -0.1) is 0 Å². The highest BCUT2D eigenvalue weighted by Crippen LogP contribution is 2.15. The first-order valence-corrected chi connectivity index (χ1v) is 4.46. The van der Waals surface area contributed by atoms with Crippen LogP contribution in [0.15, 0.2) is 24.3 Å². The van der Waals surface area contributed by atoms with Crippen molar-refractivity contribution in [2.75, 3.05) is 0 Å². The Labute approximate surface area is 79.2 Å². The van der Waals surface area contributed by atoms with Gasteiger partial charge in [0.2, 0.25) is 0 Å². The molecule has 0 heterocycles. The van der Waals surface area contributed by atoms with Crippen molar-refractivity contribution in [3.8, 4) is 5.75 Å². The van der Waals surface area contributed by atoms with E-state index < -0.39 is 0 Å². The third-order valence-corrected chi connectivity index (χ3v) is 1.43. The fraction of sp³-hybridized carbons (Fsp3) is 0.364. The van der Waals surface area contributed by atoms with E-state index in [9.17, 15) is 9.90 Å². The van der Waals surface area contributed by atoms with Crippen LogP contribution in [0.25, 0.3) is 0 Å². The van der Waals surface area contributed by atoms with Crippen LogP contribution >= 0.6 is 0 Å². The Morgan fingerprint density at radius 3 is 2.31 bits per heavy atom. The number of phenols is 1. The lowest BCUT2D eigenvalue weighted by Gasteiger charge is -1.99. The van der Waals surface area contributed by atoms with Crippen molar-refractivity contribution < 1.29 is 9.90 Å². The summed E-state index contributed by atoms with van der Waals surface area (Å²) in [6, 6.07) is 6.87. The van der Waals surface area contributed by atoms with Crippen LogP contribution in [0.2, 0.25) is 0 Å². The van der Waals surface area contributed by atoms with Crippen LogP contribution < -0.4 is 0 Å². The second-order valence-corrected chi connectivity index (χ2v) is 2.51. The first kappa shape index (κ1) is 11.7. The number of carbonyl (C=O) groups excluding carboxylic acids is 1. The molecular formula is C11H16O2. The minimum Gasteiger partial charge on any atom is -0.508 e. The lowest BCUT2D eigenvalue weighted by molar-refractivity contribution is -0.116. The number of aromatic hydroxyl groups is 1. The first-order valence-electron chi connectivity index (χ1n) is 4.46. The minimum absolute atomic E-state index is 0.0616. The summed E-state index contributed by atoms with van der Waals surface area (Å²) in [4.78, 5) is 10.7. The first-order chi connectivity index (χ1) is 6.20. The summed E-state index contributed by atoms with van der Waals surface area (Å²) < 4.78 is 0. The SMILES string of the molecule is CC.CC(=O)Cc1ccccc1O. The average molecular weight is 180 g/mol. The van der Waals surface area contributed by atoms with Crippen LogP contribution in [0, 0.1) is 0 Å². The van der Waals surface area contributed by atoms with Crippen molar-refractivity contribution in [1.29, 1.82) is 0 Å². The summed E-state index contributed by atoms with van der Waals surface area (Å²) in [5.41, 5.74) is 0.694. The smallest absolute Gasteiger partial charge is 0.134 e. The van der Waals surface area contributed by atoms with Crippen molar-refractivity contribution in [1.82, 2.24) is 0 Å². The number of phenolic OH excluding ortho intramolecular Hbond substituents is 1. The molecule has 0 radical (unpaired) electrons. The quantitative estimate of drug-likeness (QED) is 0.759. The third-order valence-electron chi connectivity index (χ3n) is 1.43. The van der Waals surface area contributed by atoms with Crippen LogP contribution in [0.5, 0.6) is 5.75 Å². The maximum Gasteiger partial charge on any atom is 0.134 e. The van der Waals surface area contributed by atoms with E-state index in [1.54, 1.807) is 24.3 Å². The molecule has 0 aliphatic carbocycles. The topological polar surface area (TPSA) is 37.3 Å². The molecule has 0 saturated heterocycles. The van der Waals surface area contributed by atoms with Gasteiger partial charge in [-0.1, -0.05) is 32.0 Å². The number of hydrogen-bond donors (Lipinski definition) is 1. The zero-order valence-electron chi connectivity index (χ0n) is 8.37. The summed E-state index contributed by atoms with van der Waals surface area (Å²) >= 11 is 0. The number of Topliss-reactive ketones (excluding diaryl/α,β-unsaturated/α-hetero) is 1. The zero-order valence-corrected chi connectivity index (χ0v) is 8.37. The van der Waals surface area contributed by atoms with Gasteiger partial charge in [-0.3, -0.25) is 4.79 Å². The van der Waals surface area contributed by atoms with E-state index in [1.165, 1.54) is 6.92 Å². The summed E-state index contributed by atoms with van der Waals surface area (Å²) in [5.74, 6) is 0.259. The molecule has 0 unspecified atom stereocenters. The van der Waals surface area contributed by atoms with Crippen molar-refractivity contribution in [3.05, 3.63) is 29.8 Å². The lowest BCUT2D eigenvalue weighted by Crippen LogP contribution is -1.95. The van der Waals surface area contributed by atoms with E-state index >= 15 is 0 Å². The standard InChI is InChI=1S/C9H10O2.C2H6/c1-7(10)6-8-4-2-3-5-9(8)11;1-2/h2-5,11H,6H2,1H3;1-2H3. The molecule has 0 amide bonds. The molecule has 0 aliphatic rings. The Hall–Kier alpha value is -1.31. The number of benzene rings is 1. The predicted molar refractivity (Wildman–Crippen MR) is 53.8 cm³/mol. The molecule has 13 heavy (non-hydrogen) atoms. The Morgan fingerprint density at radius 2 is 1.85 bits per heavy atom. The second kappa shape index (κ2) is 6.23. The van der Waals surface area contributed by atoms with Gasteiger partial charge in [-0.2, -0.15) is 0 Å². The van der Waals surface area contributed by atoms with E-state index in [2.05, 4.69) is 0 Å². The molecule has 0 aromatic heterocycles. The Bertz CT molecular complexity index is 267. The number of hydrogen-bond acceptors (Lipinski definition) is 2. The van der Waals surface area contributed by atoms with Crippen molar-refractivity contribution in [2.24, 2.45) is 0 Å². The van der Waals surface area contributed by atoms with Gasteiger partial charge in [-0.05, 0) is 13.0 Å². The van der Waals surface area contributed by atoms with Gasteiger partial charge in [0.25, 0.3) is 0 Å². The van der Waals surface area contributed by atoms with Gasteiger partial charge < -0.3 is 5.11 Å². The number of ketones is 1. The molecule has 0 spiro atoms. The van der Waals surface area contributed by atoms with Gasteiger partial charge in [0.05, 0.1) is 0 Å². The van der Waals surface area contributed by atoms with E-state index in [1.807, 2.05) is 13.8 Å². The monoisotopic (exact) mass is 180 g/mol. The fourth-order valence-corrected chi connectivity index (χ4v) is 0.929. The lowest BCUT2D eigenvalue weighted by atomic mass is 10.1. The van der Waals surface area contributed by atoms with Gasteiger partial charge >= 0.3 is 0 Å². The molecule has 1 rings (SSSR count). The highest BCUT2D eigenvalue weighted by molar-refractivity contribution is 5.78. The highest BCUT2D eigenvalue weighted by atomic mass is 16.3. The molecule has 72 valence electrons. The molecule has 0 bridgehead atoms. The second-order valence-electron chi connectivity index (χ2n) is 2.51. The number of para-hydroxylation sites is 1. The summed E-state index contributed by atoms with van der Waals surface area (Å²) in [6.45, 7) is 5.51.